The van der Waals surface area contributed by atoms with Gasteiger partial charge in [0.25, 0.3) is 0 Å². The zero-order valence-electron chi connectivity index (χ0n) is 11.4. The van der Waals surface area contributed by atoms with Crippen molar-refractivity contribution in [3.8, 4) is 0 Å². The van der Waals surface area contributed by atoms with Crippen molar-refractivity contribution in [3.05, 3.63) is 35.7 Å². The molecular weight excluding hydrogens is 272 g/mol. The summed E-state index contributed by atoms with van der Waals surface area (Å²) >= 11 is 1.75. The number of aromatic amines is 1. The lowest BCUT2D eigenvalue weighted by Crippen LogP contribution is -2.02. The molecule has 2 aromatic rings. The number of aromatic nitrogens is 3. The molecule has 1 aromatic carbocycles. The molecule has 2 N–H and O–H groups in total. The molecule has 0 spiro atoms. The molecule has 2 heterocycles. The Kier molecular flexibility index (Phi) is 4.22. The molecule has 1 fully saturated rings. The average molecular weight is 290 g/mol. The number of nitrogens with one attached hydrogen (secondary N) is 2. The molecule has 0 amide bonds. The SMILES string of the molecule is CSc1ccc(CNc2n[nH]c(C3CCOC3)n2)cc1. The van der Waals surface area contributed by atoms with Gasteiger partial charge >= 0.3 is 0 Å². The number of benzene rings is 1. The zero-order valence-corrected chi connectivity index (χ0v) is 12.2. The number of hydrogen-bond acceptors (Lipinski definition) is 5. The third-order valence-electron chi connectivity index (χ3n) is 3.43. The molecule has 0 bridgehead atoms. The molecule has 1 unspecified atom stereocenters. The fraction of sp³-hybridized carbons (Fsp3) is 0.429. The van der Waals surface area contributed by atoms with Crippen LogP contribution in [0.4, 0.5) is 5.95 Å². The summed E-state index contributed by atoms with van der Waals surface area (Å²) in [5, 5.41) is 10.4. The molecular formula is C14H18N4OS. The second kappa shape index (κ2) is 6.28. The van der Waals surface area contributed by atoms with Crippen molar-refractivity contribution < 1.29 is 4.74 Å². The summed E-state index contributed by atoms with van der Waals surface area (Å²) in [5.41, 5.74) is 1.22. The van der Waals surface area contributed by atoms with Gasteiger partial charge in [-0.15, -0.1) is 16.9 Å². The number of nitrogens with zero attached hydrogens (tertiary/aromatic N) is 2. The molecule has 106 valence electrons. The summed E-state index contributed by atoms with van der Waals surface area (Å²) in [5.74, 6) is 1.93. The van der Waals surface area contributed by atoms with E-state index in [4.69, 9.17) is 4.74 Å². The van der Waals surface area contributed by atoms with Crippen LogP contribution >= 0.6 is 11.8 Å². The van der Waals surface area contributed by atoms with Gasteiger partial charge in [-0.25, -0.2) is 0 Å². The zero-order chi connectivity index (χ0) is 13.8. The first-order valence-corrected chi connectivity index (χ1v) is 7.94. The van der Waals surface area contributed by atoms with E-state index in [0.717, 1.165) is 32.0 Å². The van der Waals surface area contributed by atoms with Gasteiger partial charge in [0.1, 0.15) is 5.82 Å². The van der Waals surface area contributed by atoms with Crippen LogP contribution in [0.3, 0.4) is 0 Å². The lowest BCUT2D eigenvalue weighted by Gasteiger charge is -2.03. The summed E-state index contributed by atoms with van der Waals surface area (Å²) in [6.45, 7) is 2.29. The molecule has 20 heavy (non-hydrogen) atoms. The topological polar surface area (TPSA) is 62.8 Å². The van der Waals surface area contributed by atoms with Crippen LogP contribution in [0.25, 0.3) is 0 Å². The second-order valence-electron chi connectivity index (χ2n) is 4.81. The Hall–Kier alpha value is -1.53. The maximum atomic E-state index is 5.36. The first-order chi connectivity index (χ1) is 9.85. The van der Waals surface area contributed by atoms with Gasteiger partial charge in [0.15, 0.2) is 0 Å². The molecule has 0 aliphatic carbocycles. The highest BCUT2D eigenvalue weighted by Crippen LogP contribution is 2.22. The summed E-state index contributed by atoms with van der Waals surface area (Å²) in [4.78, 5) is 5.75. The standard InChI is InChI=1S/C14H18N4OS/c1-20-12-4-2-10(3-5-12)8-15-14-16-13(17-18-14)11-6-7-19-9-11/h2-5,11H,6-9H2,1H3,(H2,15,16,17,18). The molecule has 5 nitrogen and oxygen atoms in total. The molecule has 1 aliphatic rings. The van der Waals surface area contributed by atoms with Crippen LogP contribution in [0.1, 0.15) is 23.7 Å². The van der Waals surface area contributed by atoms with Crippen LogP contribution in [-0.4, -0.2) is 34.7 Å². The third kappa shape index (κ3) is 3.13. The number of H-pyrrole nitrogens is 1. The van der Waals surface area contributed by atoms with E-state index in [9.17, 15) is 0 Å². The maximum absolute atomic E-state index is 5.36. The van der Waals surface area contributed by atoms with E-state index < -0.39 is 0 Å². The van der Waals surface area contributed by atoms with Gasteiger partial charge in [-0.3, -0.25) is 5.10 Å². The van der Waals surface area contributed by atoms with Crippen molar-refractivity contribution in [3.63, 3.8) is 0 Å². The molecule has 0 saturated carbocycles. The lowest BCUT2D eigenvalue weighted by atomic mass is 10.1. The van der Waals surface area contributed by atoms with E-state index in [2.05, 4.69) is 51.0 Å². The minimum absolute atomic E-state index is 0.360. The molecule has 0 radical (unpaired) electrons. The van der Waals surface area contributed by atoms with Gasteiger partial charge in [-0.2, -0.15) is 4.98 Å². The number of thioether (sulfide) groups is 1. The maximum Gasteiger partial charge on any atom is 0.242 e. The van der Waals surface area contributed by atoms with Crippen LogP contribution in [0.15, 0.2) is 29.2 Å². The van der Waals surface area contributed by atoms with Crippen molar-refractivity contribution in [2.24, 2.45) is 0 Å². The normalized spacial score (nSPS) is 18.4. The molecule has 6 heteroatoms. The number of rotatable bonds is 5. The Bertz CT molecular complexity index is 549. The van der Waals surface area contributed by atoms with Gasteiger partial charge in [0, 0.05) is 24.0 Å². The van der Waals surface area contributed by atoms with E-state index in [0.29, 0.717) is 11.9 Å². The predicted octanol–water partition coefficient (Wildman–Crippen LogP) is 2.64. The van der Waals surface area contributed by atoms with Gasteiger partial charge in [0.05, 0.1) is 6.61 Å². The Balaban J connectivity index is 1.57. The largest absolute Gasteiger partial charge is 0.381 e. The Morgan fingerprint density at radius 1 is 1.40 bits per heavy atom. The van der Waals surface area contributed by atoms with Crippen LogP contribution in [-0.2, 0) is 11.3 Å². The Labute approximate surface area is 122 Å². The van der Waals surface area contributed by atoms with Gasteiger partial charge in [0.2, 0.25) is 5.95 Å². The number of anilines is 1. The molecule has 1 saturated heterocycles. The van der Waals surface area contributed by atoms with E-state index >= 15 is 0 Å². The third-order valence-corrected chi connectivity index (χ3v) is 4.17. The van der Waals surface area contributed by atoms with E-state index in [-0.39, 0.29) is 0 Å². The van der Waals surface area contributed by atoms with E-state index in [1.54, 1.807) is 11.8 Å². The van der Waals surface area contributed by atoms with Gasteiger partial charge in [-0.05, 0) is 30.4 Å². The first-order valence-electron chi connectivity index (χ1n) is 6.72. The molecule has 1 aromatic heterocycles. The smallest absolute Gasteiger partial charge is 0.242 e. The number of ether oxygens (including phenoxy) is 1. The predicted molar refractivity (Wildman–Crippen MR) is 80.1 cm³/mol. The van der Waals surface area contributed by atoms with Crippen molar-refractivity contribution in [1.29, 1.82) is 0 Å². The van der Waals surface area contributed by atoms with E-state index in [1.807, 2.05) is 0 Å². The van der Waals surface area contributed by atoms with Crippen molar-refractivity contribution >= 4 is 17.7 Å². The molecule has 3 rings (SSSR count). The highest BCUT2D eigenvalue weighted by molar-refractivity contribution is 7.98. The quantitative estimate of drug-likeness (QED) is 0.829. The monoisotopic (exact) mass is 290 g/mol. The molecule has 1 atom stereocenters. The van der Waals surface area contributed by atoms with Crippen LogP contribution < -0.4 is 5.32 Å². The first kappa shape index (κ1) is 13.5. The minimum Gasteiger partial charge on any atom is -0.381 e. The highest BCUT2D eigenvalue weighted by atomic mass is 32.2. The molecule has 1 aliphatic heterocycles. The van der Waals surface area contributed by atoms with Gasteiger partial charge < -0.3 is 10.1 Å². The summed E-state index contributed by atoms with van der Waals surface area (Å²) in [7, 11) is 0. The van der Waals surface area contributed by atoms with Crippen LogP contribution in [0, 0.1) is 0 Å². The lowest BCUT2D eigenvalue weighted by molar-refractivity contribution is 0.193. The highest BCUT2D eigenvalue weighted by Gasteiger charge is 2.21. The summed E-state index contributed by atoms with van der Waals surface area (Å²) in [6.07, 6.45) is 3.10. The number of hydrogen-bond donors (Lipinski definition) is 2. The average Bonchev–Trinajstić information content (AvgIpc) is 3.16. The Morgan fingerprint density at radius 3 is 2.95 bits per heavy atom. The summed E-state index contributed by atoms with van der Waals surface area (Å²) in [6, 6.07) is 8.50. The van der Waals surface area contributed by atoms with Crippen molar-refractivity contribution in [2.45, 2.75) is 23.8 Å². The second-order valence-corrected chi connectivity index (χ2v) is 5.69. The van der Waals surface area contributed by atoms with Crippen LogP contribution in [0.5, 0.6) is 0 Å². The fourth-order valence-electron chi connectivity index (χ4n) is 2.21. The van der Waals surface area contributed by atoms with Crippen LogP contribution in [0.2, 0.25) is 0 Å². The van der Waals surface area contributed by atoms with Crippen molar-refractivity contribution in [1.82, 2.24) is 15.2 Å². The Morgan fingerprint density at radius 2 is 2.25 bits per heavy atom. The fourth-order valence-corrected chi connectivity index (χ4v) is 2.62. The van der Waals surface area contributed by atoms with E-state index in [1.165, 1.54) is 10.5 Å². The minimum atomic E-state index is 0.360. The van der Waals surface area contributed by atoms with Crippen molar-refractivity contribution in [2.75, 3.05) is 24.8 Å². The van der Waals surface area contributed by atoms with Gasteiger partial charge in [-0.1, -0.05) is 12.1 Å². The summed E-state index contributed by atoms with van der Waals surface area (Å²) < 4.78 is 5.36.